The number of aromatic hydroxyl groups is 1. The first-order valence-electron chi connectivity index (χ1n) is 14.7. The second-order valence-electron chi connectivity index (χ2n) is 10.7. The number of benzene rings is 1. The number of hydrogen-bond donors (Lipinski definition) is 11. The van der Waals surface area contributed by atoms with Crippen LogP contribution in [0.3, 0.4) is 0 Å². The Bertz CT molecular complexity index is 1330. The van der Waals surface area contributed by atoms with Crippen LogP contribution in [0.4, 0.5) is 5.69 Å². The molecule has 0 spiro atoms. The average Bonchev–Trinajstić information content (AvgIpc) is 3.03. The summed E-state index contributed by atoms with van der Waals surface area (Å²) in [4.78, 5) is 97.1. The number of phenols is 1. The van der Waals surface area contributed by atoms with Gasteiger partial charge in [-0.15, -0.1) is 23.5 Å². The minimum Gasteiger partial charge on any atom is -0.508 e. The Morgan fingerprint density at radius 1 is 0.700 bits per heavy atom. The van der Waals surface area contributed by atoms with Crippen molar-refractivity contribution in [3.05, 3.63) is 12.1 Å². The molecule has 278 valence electrons. The van der Waals surface area contributed by atoms with Crippen LogP contribution >= 0.6 is 23.5 Å². The number of carboxylic acids is 4. The highest BCUT2D eigenvalue weighted by Gasteiger charge is 2.26. The summed E-state index contributed by atoms with van der Waals surface area (Å²) in [6.45, 7) is -1.50. The molecule has 4 amide bonds. The number of carbonyl (C=O) groups excluding carboxylic acids is 4. The molecule has 0 saturated heterocycles. The van der Waals surface area contributed by atoms with Gasteiger partial charge in [-0.1, -0.05) is 0 Å². The number of phenolic OH excluding ortho intramolecular Hbond substituents is 1. The summed E-state index contributed by atoms with van der Waals surface area (Å²) in [5.41, 5.74) is 11.3. The highest BCUT2D eigenvalue weighted by molar-refractivity contribution is 8.00. The third-order valence-electron chi connectivity index (χ3n) is 6.41. The van der Waals surface area contributed by atoms with Gasteiger partial charge in [0.2, 0.25) is 23.6 Å². The van der Waals surface area contributed by atoms with E-state index in [1.54, 1.807) is 19.0 Å². The molecule has 20 nitrogen and oxygen atoms in total. The van der Waals surface area contributed by atoms with Crippen molar-refractivity contribution in [3.63, 3.8) is 0 Å². The molecule has 4 atom stereocenters. The number of amides is 4. The monoisotopic (exact) mass is 747 g/mol. The van der Waals surface area contributed by atoms with Gasteiger partial charge in [-0.25, -0.2) is 0 Å². The van der Waals surface area contributed by atoms with Gasteiger partial charge in [0.25, 0.3) is 0 Å². The lowest BCUT2D eigenvalue weighted by atomic mass is 10.1. The molecule has 0 radical (unpaired) electrons. The van der Waals surface area contributed by atoms with Gasteiger partial charge in [0, 0.05) is 48.2 Å². The molecule has 1 rings (SSSR count). The maximum Gasteiger partial charge on any atom is 0.322 e. The standard InChI is InChI=1S/C28H41N7O13S2/c1-35(2)24-18(49-11-16(25(43)31-9-22(39)40)33-20(37)5-3-14(29)27(45)46)7-13(36)8-19(24)50-12-17(26(44)32-10-23(41)42)34-21(38)6-4-15(30)28(47)48/h7-8,14-17,36H,3-6,9-12,29-30H2,1-2H3,(H,31,43)(H,32,44)(H,33,37)(H,34,38)(H,39,40)(H,41,42)(H,45,46)(H,47,48)/t14-,15-,16-,17-/m0/s1. The van der Waals surface area contributed by atoms with Gasteiger partial charge in [-0.2, -0.15) is 0 Å². The van der Waals surface area contributed by atoms with Crippen LogP contribution in [-0.4, -0.2) is 136 Å². The molecule has 0 aliphatic carbocycles. The number of hydrogen-bond acceptors (Lipinski definition) is 14. The predicted octanol–water partition coefficient (Wildman–Crippen LogP) is -2.60. The third-order valence-corrected chi connectivity index (χ3v) is 8.66. The predicted molar refractivity (Wildman–Crippen MR) is 179 cm³/mol. The number of carbonyl (C=O) groups is 8. The van der Waals surface area contributed by atoms with Crippen molar-refractivity contribution in [2.45, 2.75) is 59.6 Å². The fourth-order valence-corrected chi connectivity index (χ4v) is 6.36. The van der Waals surface area contributed by atoms with Gasteiger partial charge >= 0.3 is 23.9 Å². The Morgan fingerprint density at radius 3 is 1.36 bits per heavy atom. The number of nitrogens with zero attached hydrogens (tertiary/aromatic N) is 1. The van der Waals surface area contributed by atoms with Crippen LogP contribution in [0.25, 0.3) is 0 Å². The maximum absolute atomic E-state index is 12.8. The Balaban J connectivity index is 3.28. The maximum atomic E-state index is 12.8. The molecule has 1 aromatic carbocycles. The zero-order valence-electron chi connectivity index (χ0n) is 27.0. The summed E-state index contributed by atoms with van der Waals surface area (Å²) in [5, 5.41) is 55.6. The normalized spacial score (nSPS) is 13.1. The molecule has 0 unspecified atom stereocenters. The van der Waals surface area contributed by atoms with E-state index < -0.39 is 84.8 Å². The Kier molecular flexibility index (Phi) is 18.4. The molecular formula is C28H41N7O13S2. The van der Waals surface area contributed by atoms with E-state index in [1.165, 1.54) is 12.1 Å². The average molecular weight is 748 g/mol. The molecule has 0 heterocycles. The molecule has 0 fully saturated rings. The first kappa shape index (κ1) is 43.2. The largest absolute Gasteiger partial charge is 0.508 e. The summed E-state index contributed by atoms with van der Waals surface area (Å²) in [6.07, 6.45) is -1.16. The lowest BCUT2D eigenvalue weighted by Gasteiger charge is -2.24. The fourth-order valence-electron chi connectivity index (χ4n) is 3.87. The van der Waals surface area contributed by atoms with Crippen molar-refractivity contribution in [1.29, 1.82) is 0 Å². The lowest BCUT2D eigenvalue weighted by Crippen LogP contribution is -2.49. The summed E-state index contributed by atoms with van der Waals surface area (Å²) in [5.74, 6) is -9.13. The Labute approximate surface area is 294 Å². The molecule has 0 saturated carbocycles. The van der Waals surface area contributed by atoms with Crippen molar-refractivity contribution in [2.24, 2.45) is 11.5 Å². The highest BCUT2D eigenvalue weighted by Crippen LogP contribution is 2.41. The minimum atomic E-state index is -1.34. The summed E-state index contributed by atoms with van der Waals surface area (Å²) in [7, 11) is 3.30. The second kappa shape index (κ2) is 21.3. The molecule has 0 aliphatic rings. The summed E-state index contributed by atoms with van der Waals surface area (Å²) in [6, 6.07) is -2.57. The van der Waals surface area contributed by atoms with Crippen LogP contribution in [0.15, 0.2) is 21.9 Å². The number of rotatable bonds is 23. The minimum absolute atomic E-state index is 0.189. The lowest BCUT2D eigenvalue weighted by molar-refractivity contribution is -0.140. The zero-order valence-corrected chi connectivity index (χ0v) is 28.7. The summed E-state index contributed by atoms with van der Waals surface area (Å²) < 4.78 is 0. The molecule has 1 aromatic rings. The first-order valence-corrected chi connectivity index (χ1v) is 16.6. The molecule has 50 heavy (non-hydrogen) atoms. The third kappa shape index (κ3) is 16.1. The van der Waals surface area contributed by atoms with Crippen molar-refractivity contribution >= 4 is 76.7 Å². The van der Waals surface area contributed by atoms with Crippen LogP contribution in [0.1, 0.15) is 25.7 Å². The van der Waals surface area contributed by atoms with Crippen molar-refractivity contribution < 1.29 is 63.9 Å². The molecular weight excluding hydrogens is 706 g/mol. The van der Waals surface area contributed by atoms with Crippen molar-refractivity contribution in [1.82, 2.24) is 21.3 Å². The van der Waals surface area contributed by atoms with E-state index in [1.807, 2.05) is 0 Å². The van der Waals surface area contributed by atoms with E-state index in [0.29, 0.717) is 15.5 Å². The highest BCUT2D eigenvalue weighted by atomic mass is 32.2. The van der Waals surface area contributed by atoms with Gasteiger partial charge in [-0.05, 0) is 25.0 Å². The van der Waals surface area contributed by atoms with Gasteiger partial charge in [0.05, 0.1) is 5.69 Å². The zero-order chi connectivity index (χ0) is 38.1. The van der Waals surface area contributed by atoms with Crippen LogP contribution in [0.5, 0.6) is 5.75 Å². The topological polar surface area (TPSA) is 341 Å². The fraction of sp³-hybridized carbons (Fsp3) is 0.500. The van der Waals surface area contributed by atoms with Gasteiger partial charge in [0.1, 0.15) is 43.0 Å². The molecule has 0 bridgehead atoms. The molecule has 0 aliphatic heterocycles. The first-order chi connectivity index (χ1) is 23.3. The van der Waals surface area contributed by atoms with Crippen LogP contribution in [0.2, 0.25) is 0 Å². The van der Waals surface area contributed by atoms with Gasteiger partial charge < -0.3 is 63.2 Å². The van der Waals surface area contributed by atoms with Crippen molar-refractivity contribution in [2.75, 3.05) is 43.6 Å². The van der Waals surface area contributed by atoms with E-state index in [2.05, 4.69) is 21.3 Å². The number of aliphatic carboxylic acids is 4. The van der Waals surface area contributed by atoms with Crippen LogP contribution in [-0.2, 0) is 38.4 Å². The Hall–Kier alpha value is -4.80. The number of thioether (sulfide) groups is 2. The van der Waals surface area contributed by atoms with Gasteiger partial charge in [-0.3, -0.25) is 38.4 Å². The van der Waals surface area contributed by atoms with E-state index >= 15 is 0 Å². The SMILES string of the molecule is CN(C)c1c(SC[C@H](NC(=O)CC[C@H](N)C(=O)O)C(=O)NCC(=O)O)cc(O)cc1SC[C@H](NC(=O)CC[C@H](N)C(=O)O)C(=O)NCC(=O)O. The quantitative estimate of drug-likeness (QED) is 0.0511. The number of anilines is 1. The number of carboxylic acid groups (broad SMARTS) is 4. The van der Waals surface area contributed by atoms with E-state index in [4.69, 9.17) is 31.9 Å². The molecule has 22 heteroatoms. The van der Waals surface area contributed by atoms with Crippen molar-refractivity contribution in [3.8, 4) is 5.75 Å². The van der Waals surface area contributed by atoms with E-state index in [-0.39, 0.29) is 42.9 Å². The van der Waals surface area contributed by atoms with E-state index in [9.17, 15) is 43.5 Å². The van der Waals surface area contributed by atoms with Crippen LogP contribution < -0.4 is 37.6 Å². The van der Waals surface area contributed by atoms with Crippen LogP contribution in [0, 0.1) is 0 Å². The smallest absolute Gasteiger partial charge is 0.322 e. The molecule has 13 N–H and O–H groups in total. The number of nitrogens with two attached hydrogens (primary N) is 2. The molecule has 0 aromatic heterocycles. The summed E-state index contributed by atoms with van der Waals surface area (Å²) >= 11 is 1.98. The second-order valence-corrected chi connectivity index (χ2v) is 12.9. The Morgan fingerprint density at radius 2 is 1.06 bits per heavy atom. The van der Waals surface area contributed by atoms with Gasteiger partial charge in [0.15, 0.2) is 0 Å². The number of nitrogens with one attached hydrogen (secondary N) is 4. The van der Waals surface area contributed by atoms with E-state index in [0.717, 1.165) is 23.5 Å².